The van der Waals surface area contributed by atoms with Gasteiger partial charge in [-0.2, -0.15) is 0 Å². The summed E-state index contributed by atoms with van der Waals surface area (Å²) in [6.07, 6.45) is 3.78. The van der Waals surface area contributed by atoms with Crippen molar-refractivity contribution in [3.05, 3.63) is 106 Å². The summed E-state index contributed by atoms with van der Waals surface area (Å²) >= 11 is 5.98. The molecule has 3 aromatic carbocycles. The van der Waals surface area contributed by atoms with Crippen LogP contribution in [0.4, 0.5) is 4.39 Å². The number of aliphatic hydroxyl groups is 1. The lowest BCUT2D eigenvalue weighted by Crippen LogP contribution is -2.44. The summed E-state index contributed by atoms with van der Waals surface area (Å²) in [4.78, 5) is 15.0. The molecular weight excluding hydrogens is 465 g/mol. The van der Waals surface area contributed by atoms with Crippen LogP contribution in [0.1, 0.15) is 36.0 Å². The zero-order valence-corrected chi connectivity index (χ0v) is 20.5. The fourth-order valence-electron chi connectivity index (χ4n) is 4.48. The molecule has 0 aromatic heterocycles. The normalized spacial score (nSPS) is 15.7. The number of piperidine rings is 1. The molecule has 4 nitrogen and oxygen atoms in total. The van der Waals surface area contributed by atoms with Crippen molar-refractivity contribution in [1.82, 2.24) is 4.90 Å². The number of allylic oxidation sites excluding steroid dienone is 1. The first-order valence-electron chi connectivity index (χ1n) is 11.7. The predicted molar refractivity (Wildman–Crippen MR) is 137 cm³/mol. The van der Waals surface area contributed by atoms with Gasteiger partial charge in [0.2, 0.25) is 5.91 Å². The van der Waals surface area contributed by atoms with E-state index >= 15 is 0 Å². The molecule has 1 aliphatic rings. The maximum Gasteiger partial charge on any atom is 0.246 e. The van der Waals surface area contributed by atoms with E-state index in [1.165, 1.54) is 13.2 Å². The number of ether oxygens (including phenoxy) is 1. The number of benzene rings is 3. The number of rotatable bonds is 7. The number of methoxy groups -OCH3 is 1. The zero-order chi connectivity index (χ0) is 24.8. The molecule has 0 aliphatic carbocycles. The third-order valence-electron chi connectivity index (χ3n) is 6.63. The first-order chi connectivity index (χ1) is 16.9. The second-order valence-electron chi connectivity index (χ2n) is 8.87. The van der Waals surface area contributed by atoms with Crippen molar-refractivity contribution in [3.8, 4) is 5.75 Å². The lowest BCUT2D eigenvalue weighted by atomic mass is 9.84. The van der Waals surface area contributed by atoms with Gasteiger partial charge in [0, 0.05) is 24.2 Å². The standard InChI is InChI=1S/C29H29ClFNO3/c1-35-27-14-8-21(19-26(27)31)7-9-23(22-5-3-2-4-6-22)20-28(33)32-17-15-29(34,16-18-32)24-10-12-25(30)13-11-24/h2-6,8,10-14,19-20,34H,7,9,15-18H2,1H3/b23-20-. The molecule has 1 fully saturated rings. The molecule has 182 valence electrons. The number of halogens is 2. The second kappa shape index (κ2) is 11.1. The maximum atomic E-state index is 14.1. The van der Waals surface area contributed by atoms with E-state index in [1.807, 2.05) is 48.5 Å². The topological polar surface area (TPSA) is 49.8 Å². The Morgan fingerprint density at radius 3 is 2.40 bits per heavy atom. The molecule has 1 aliphatic heterocycles. The Bertz CT molecular complexity index is 1190. The third kappa shape index (κ3) is 6.11. The predicted octanol–water partition coefficient (Wildman–Crippen LogP) is 6.01. The van der Waals surface area contributed by atoms with Crippen molar-refractivity contribution < 1.29 is 19.0 Å². The largest absolute Gasteiger partial charge is 0.494 e. The quantitative estimate of drug-likeness (QED) is 0.410. The van der Waals surface area contributed by atoms with Crippen LogP contribution in [0.15, 0.2) is 78.9 Å². The van der Waals surface area contributed by atoms with Gasteiger partial charge in [0.25, 0.3) is 0 Å². The van der Waals surface area contributed by atoms with Crippen molar-refractivity contribution in [2.45, 2.75) is 31.3 Å². The minimum atomic E-state index is -0.966. The molecular formula is C29H29ClFNO3. The van der Waals surface area contributed by atoms with E-state index in [1.54, 1.807) is 29.2 Å². The van der Waals surface area contributed by atoms with E-state index in [-0.39, 0.29) is 11.7 Å². The lowest BCUT2D eigenvalue weighted by molar-refractivity contribution is -0.130. The number of likely N-dealkylation sites (tertiary alicyclic amines) is 1. The Balaban J connectivity index is 1.47. The highest BCUT2D eigenvalue weighted by Crippen LogP contribution is 2.34. The van der Waals surface area contributed by atoms with E-state index in [0.29, 0.717) is 43.8 Å². The minimum absolute atomic E-state index is 0.0806. The van der Waals surface area contributed by atoms with E-state index in [0.717, 1.165) is 22.3 Å². The Hall–Kier alpha value is -3.15. The SMILES string of the molecule is COc1ccc(CC/C(=C/C(=O)N2CCC(O)(c3ccc(Cl)cc3)CC2)c2ccccc2)cc1F. The lowest BCUT2D eigenvalue weighted by Gasteiger charge is -2.38. The van der Waals surface area contributed by atoms with Gasteiger partial charge in [0.05, 0.1) is 12.7 Å². The molecule has 35 heavy (non-hydrogen) atoms. The van der Waals surface area contributed by atoms with Crippen LogP contribution in [0.2, 0.25) is 5.02 Å². The highest BCUT2D eigenvalue weighted by Gasteiger charge is 2.35. The number of carbonyl (C=O) groups is 1. The van der Waals surface area contributed by atoms with Crippen LogP contribution in [-0.4, -0.2) is 36.1 Å². The summed E-state index contributed by atoms with van der Waals surface area (Å²) in [5.41, 5.74) is 2.55. The summed E-state index contributed by atoms with van der Waals surface area (Å²) in [6, 6.07) is 21.9. The van der Waals surface area contributed by atoms with Crippen LogP contribution in [0.5, 0.6) is 5.75 Å². The first kappa shape index (κ1) is 25.0. The number of nitrogens with zero attached hydrogens (tertiary/aromatic N) is 1. The van der Waals surface area contributed by atoms with Crippen molar-refractivity contribution >= 4 is 23.1 Å². The Morgan fingerprint density at radius 1 is 1.09 bits per heavy atom. The zero-order valence-electron chi connectivity index (χ0n) is 19.7. The molecule has 1 saturated heterocycles. The van der Waals surface area contributed by atoms with Crippen LogP contribution in [-0.2, 0) is 16.8 Å². The Morgan fingerprint density at radius 2 is 1.77 bits per heavy atom. The maximum absolute atomic E-state index is 14.1. The van der Waals surface area contributed by atoms with E-state index < -0.39 is 11.4 Å². The van der Waals surface area contributed by atoms with Gasteiger partial charge in [-0.3, -0.25) is 4.79 Å². The van der Waals surface area contributed by atoms with Gasteiger partial charge in [-0.05, 0) is 72.2 Å². The fourth-order valence-corrected chi connectivity index (χ4v) is 4.61. The van der Waals surface area contributed by atoms with Crippen LogP contribution in [0.3, 0.4) is 0 Å². The first-order valence-corrected chi connectivity index (χ1v) is 12.1. The van der Waals surface area contributed by atoms with Gasteiger partial charge in [-0.15, -0.1) is 0 Å². The van der Waals surface area contributed by atoms with E-state index in [9.17, 15) is 14.3 Å². The Kier molecular flexibility index (Phi) is 7.89. The summed E-state index contributed by atoms with van der Waals surface area (Å²) in [7, 11) is 1.44. The second-order valence-corrected chi connectivity index (χ2v) is 9.30. The molecule has 0 atom stereocenters. The van der Waals surface area contributed by atoms with Crippen LogP contribution in [0.25, 0.3) is 5.57 Å². The van der Waals surface area contributed by atoms with Crippen LogP contribution in [0, 0.1) is 5.82 Å². The summed E-state index contributed by atoms with van der Waals surface area (Å²) in [5.74, 6) is -0.262. The van der Waals surface area contributed by atoms with Crippen molar-refractivity contribution in [1.29, 1.82) is 0 Å². The van der Waals surface area contributed by atoms with Crippen molar-refractivity contribution in [2.24, 2.45) is 0 Å². The summed E-state index contributed by atoms with van der Waals surface area (Å²) in [5, 5.41) is 11.8. The highest BCUT2D eigenvalue weighted by molar-refractivity contribution is 6.30. The molecule has 4 rings (SSSR count). The van der Waals surface area contributed by atoms with Crippen molar-refractivity contribution in [2.75, 3.05) is 20.2 Å². The molecule has 3 aromatic rings. The number of amides is 1. The molecule has 0 spiro atoms. The highest BCUT2D eigenvalue weighted by atomic mass is 35.5. The molecule has 0 unspecified atom stereocenters. The number of carbonyl (C=O) groups excluding carboxylic acids is 1. The van der Waals surface area contributed by atoms with Crippen molar-refractivity contribution in [3.63, 3.8) is 0 Å². The van der Waals surface area contributed by atoms with Gasteiger partial charge < -0.3 is 14.7 Å². The number of hydrogen-bond acceptors (Lipinski definition) is 3. The van der Waals surface area contributed by atoms with Gasteiger partial charge in [0.1, 0.15) is 0 Å². The van der Waals surface area contributed by atoms with E-state index in [4.69, 9.17) is 16.3 Å². The average Bonchev–Trinajstić information content (AvgIpc) is 2.87. The summed E-state index contributed by atoms with van der Waals surface area (Å²) < 4.78 is 19.1. The number of aryl methyl sites for hydroxylation is 1. The molecule has 0 radical (unpaired) electrons. The van der Waals surface area contributed by atoms with E-state index in [2.05, 4.69) is 0 Å². The monoisotopic (exact) mass is 493 g/mol. The molecule has 1 amide bonds. The van der Waals surface area contributed by atoms with Crippen LogP contribution >= 0.6 is 11.6 Å². The van der Waals surface area contributed by atoms with Gasteiger partial charge in [-0.1, -0.05) is 60.1 Å². The smallest absolute Gasteiger partial charge is 0.246 e. The van der Waals surface area contributed by atoms with Gasteiger partial charge in [0.15, 0.2) is 11.6 Å². The van der Waals surface area contributed by atoms with Crippen LogP contribution < -0.4 is 4.74 Å². The fraction of sp³-hybridized carbons (Fsp3) is 0.276. The molecule has 0 bridgehead atoms. The molecule has 0 saturated carbocycles. The number of hydrogen-bond donors (Lipinski definition) is 1. The van der Waals surface area contributed by atoms with Gasteiger partial charge >= 0.3 is 0 Å². The average molecular weight is 494 g/mol. The third-order valence-corrected chi connectivity index (χ3v) is 6.88. The minimum Gasteiger partial charge on any atom is -0.494 e. The van der Waals surface area contributed by atoms with Gasteiger partial charge in [-0.25, -0.2) is 4.39 Å². The Labute approximate surface area is 210 Å². The summed E-state index contributed by atoms with van der Waals surface area (Å²) in [6.45, 7) is 0.917. The molecule has 6 heteroatoms. The molecule has 1 heterocycles. The molecule has 1 N–H and O–H groups in total.